The van der Waals surface area contributed by atoms with E-state index in [1.54, 1.807) is 13.0 Å². The number of aryl methyl sites for hydroxylation is 1. The molecular weight excluding hydrogens is 484 g/mol. The Balaban J connectivity index is 1.71. The first-order valence-electron chi connectivity index (χ1n) is 11.6. The number of halogens is 2. The van der Waals surface area contributed by atoms with Crippen LogP contribution in [0.25, 0.3) is 0 Å². The van der Waals surface area contributed by atoms with Crippen molar-refractivity contribution in [3.8, 4) is 5.88 Å². The van der Waals surface area contributed by atoms with Crippen LogP contribution < -0.4 is 15.0 Å². The van der Waals surface area contributed by atoms with Gasteiger partial charge in [0, 0.05) is 24.8 Å². The topological polar surface area (TPSA) is 107 Å². The number of anilines is 2. The number of pyridine rings is 1. The highest BCUT2D eigenvalue weighted by atomic mass is 19.3. The molecule has 37 heavy (non-hydrogen) atoms. The van der Waals surface area contributed by atoms with Crippen LogP contribution in [0.5, 0.6) is 5.88 Å². The van der Waals surface area contributed by atoms with E-state index >= 15 is 0 Å². The first-order chi connectivity index (χ1) is 17.6. The summed E-state index contributed by atoms with van der Waals surface area (Å²) in [6.45, 7) is 3.06. The number of ether oxygens (including phenoxy) is 2. The Morgan fingerprint density at radius 2 is 1.84 bits per heavy atom. The summed E-state index contributed by atoms with van der Waals surface area (Å²) in [4.78, 5) is 39.9. The van der Waals surface area contributed by atoms with Crippen molar-refractivity contribution < 1.29 is 27.8 Å². The van der Waals surface area contributed by atoms with Crippen molar-refractivity contribution in [1.82, 2.24) is 15.0 Å². The Morgan fingerprint density at radius 1 is 1.11 bits per heavy atom. The van der Waals surface area contributed by atoms with Crippen LogP contribution in [0.15, 0.2) is 48.8 Å². The van der Waals surface area contributed by atoms with E-state index in [-0.39, 0.29) is 36.3 Å². The van der Waals surface area contributed by atoms with Gasteiger partial charge in [0.2, 0.25) is 11.8 Å². The van der Waals surface area contributed by atoms with Gasteiger partial charge in [-0.05, 0) is 36.1 Å². The van der Waals surface area contributed by atoms with Gasteiger partial charge in [0.15, 0.2) is 5.69 Å². The number of carbonyl (C=O) groups excluding carboxylic acids is 2. The third-order valence-electron chi connectivity index (χ3n) is 6.27. The summed E-state index contributed by atoms with van der Waals surface area (Å²) in [6.07, 6.45) is 1.26. The van der Waals surface area contributed by atoms with Crippen LogP contribution in [-0.4, -0.2) is 53.6 Å². The molecule has 4 rings (SSSR count). The number of nitrogens with zero attached hydrogens (tertiary/aromatic N) is 4. The molecule has 0 spiro atoms. The molecule has 9 nitrogen and oxygen atoms in total. The van der Waals surface area contributed by atoms with Gasteiger partial charge in [-0.15, -0.1) is 0 Å². The van der Waals surface area contributed by atoms with Crippen LogP contribution in [0.4, 0.5) is 20.3 Å². The zero-order valence-corrected chi connectivity index (χ0v) is 20.9. The van der Waals surface area contributed by atoms with Gasteiger partial charge in [-0.1, -0.05) is 38.1 Å². The summed E-state index contributed by atoms with van der Waals surface area (Å²) >= 11 is 0. The number of alkyl halides is 2. The first kappa shape index (κ1) is 25.9. The molecule has 0 saturated carbocycles. The van der Waals surface area contributed by atoms with Crippen molar-refractivity contribution in [2.45, 2.75) is 38.7 Å². The standard InChI is InChI=1S/C26H27F2N5O4/c1-15(2)17-7-5-6-8-18(17)26(12-33(13-26)21-11-20(23(34)36-4)29-14-30-21)24(35)32-19-10-9-16(3)31-22(19)37-25(27)28/h5-11,14-15,25H,12-13H2,1-4H3,(H,32,35). The Hall–Kier alpha value is -4.15. The fourth-order valence-corrected chi connectivity index (χ4v) is 4.42. The van der Waals surface area contributed by atoms with E-state index in [0.29, 0.717) is 11.5 Å². The molecule has 1 aromatic carbocycles. The van der Waals surface area contributed by atoms with Crippen molar-refractivity contribution in [2.24, 2.45) is 0 Å². The monoisotopic (exact) mass is 511 g/mol. The number of rotatable bonds is 8. The van der Waals surface area contributed by atoms with Crippen LogP contribution in [0.1, 0.15) is 47.1 Å². The number of esters is 1. The predicted molar refractivity (Wildman–Crippen MR) is 132 cm³/mol. The highest BCUT2D eigenvalue weighted by molar-refractivity contribution is 6.02. The molecule has 0 atom stereocenters. The van der Waals surface area contributed by atoms with E-state index in [2.05, 4.69) is 25.0 Å². The second-order valence-corrected chi connectivity index (χ2v) is 9.07. The SMILES string of the molecule is COC(=O)c1cc(N2CC(C(=O)Nc3ccc(C)nc3OC(F)F)(c3ccccc3C(C)C)C2)ncn1. The lowest BCUT2D eigenvalue weighted by Crippen LogP contribution is -2.65. The Morgan fingerprint density at radius 3 is 2.51 bits per heavy atom. The number of amides is 1. The van der Waals surface area contributed by atoms with Gasteiger partial charge in [-0.2, -0.15) is 8.78 Å². The number of benzene rings is 1. The lowest BCUT2D eigenvalue weighted by Gasteiger charge is -2.50. The first-order valence-corrected chi connectivity index (χ1v) is 11.6. The molecule has 0 bridgehead atoms. The largest absolute Gasteiger partial charge is 0.464 e. The molecule has 11 heteroatoms. The van der Waals surface area contributed by atoms with E-state index in [9.17, 15) is 18.4 Å². The van der Waals surface area contributed by atoms with Crippen LogP contribution in [-0.2, 0) is 14.9 Å². The minimum Gasteiger partial charge on any atom is -0.464 e. The van der Waals surface area contributed by atoms with Crippen LogP contribution in [0, 0.1) is 6.92 Å². The van der Waals surface area contributed by atoms with E-state index in [4.69, 9.17) is 4.74 Å². The molecule has 3 aromatic rings. The minimum absolute atomic E-state index is 0.0470. The van der Waals surface area contributed by atoms with Crippen molar-refractivity contribution in [2.75, 3.05) is 30.4 Å². The summed E-state index contributed by atoms with van der Waals surface area (Å²) in [5, 5.41) is 2.77. The smallest absolute Gasteiger partial charge is 0.388 e. The van der Waals surface area contributed by atoms with Crippen molar-refractivity contribution in [3.05, 3.63) is 71.3 Å². The number of carbonyl (C=O) groups is 2. The molecule has 1 fully saturated rings. The van der Waals surface area contributed by atoms with Gasteiger partial charge >= 0.3 is 12.6 Å². The number of hydrogen-bond acceptors (Lipinski definition) is 8. The average molecular weight is 512 g/mol. The van der Waals surface area contributed by atoms with Crippen molar-refractivity contribution in [3.63, 3.8) is 0 Å². The van der Waals surface area contributed by atoms with Gasteiger partial charge in [0.05, 0.1) is 7.11 Å². The maximum absolute atomic E-state index is 13.9. The summed E-state index contributed by atoms with van der Waals surface area (Å²) in [5.74, 6) is -0.774. The molecule has 1 aliphatic rings. The van der Waals surface area contributed by atoms with Crippen molar-refractivity contribution in [1.29, 1.82) is 0 Å². The molecular formula is C26H27F2N5O4. The fourth-order valence-electron chi connectivity index (χ4n) is 4.42. The van der Waals surface area contributed by atoms with Gasteiger partial charge < -0.3 is 19.7 Å². The van der Waals surface area contributed by atoms with E-state index in [1.165, 1.54) is 25.6 Å². The minimum atomic E-state index is -3.10. The molecule has 3 heterocycles. The van der Waals surface area contributed by atoms with Crippen LogP contribution in [0.3, 0.4) is 0 Å². The number of nitrogens with one attached hydrogen (secondary N) is 1. The molecule has 1 aliphatic heterocycles. The third-order valence-corrected chi connectivity index (χ3v) is 6.27. The van der Waals surface area contributed by atoms with Crippen molar-refractivity contribution >= 4 is 23.4 Å². The summed E-state index contributed by atoms with van der Waals surface area (Å²) in [5.41, 5.74) is 1.37. The van der Waals surface area contributed by atoms with Gasteiger partial charge in [0.25, 0.3) is 0 Å². The Bertz CT molecular complexity index is 1310. The molecule has 0 aliphatic carbocycles. The summed E-state index contributed by atoms with van der Waals surface area (Å²) < 4.78 is 35.3. The van der Waals surface area contributed by atoms with E-state index in [1.807, 2.05) is 43.0 Å². The van der Waals surface area contributed by atoms with Crippen LogP contribution in [0.2, 0.25) is 0 Å². The number of methoxy groups -OCH3 is 1. The molecule has 1 saturated heterocycles. The highest BCUT2D eigenvalue weighted by Gasteiger charge is 2.52. The molecule has 1 N–H and O–H groups in total. The third kappa shape index (κ3) is 5.20. The molecule has 194 valence electrons. The second kappa shape index (κ2) is 10.5. The maximum Gasteiger partial charge on any atom is 0.388 e. The van der Waals surface area contributed by atoms with Gasteiger partial charge in [-0.25, -0.2) is 19.7 Å². The van der Waals surface area contributed by atoms with Gasteiger partial charge in [-0.3, -0.25) is 4.79 Å². The molecule has 0 unspecified atom stereocenters. The van der Waals surface area contributed by atoms with Crippen LogP contribution >= 0.6 is 0 Å². The quantitative estimate of drug-likeness (QED) is 0.451. The second-order valence-electron chi connectivity index (χ2n) is 9.07. The zero-order valence-electron chi connectivity index (χ0n) is 20.9. The Labute approximate surface area is 212 Å². The predicted octanol–water partition coefficient (Wildman–Crippen LogP) is 4.09. The van der Waals surface area contributed by atoms with E-state index < -0.39 is 23.9 Å². The number of hydrogen-bond donors (Lipinski definition) is 1. The lowest BCUT2D eigenvalue weighted by atomic mass is 9.69. The fraction of sp³-hybridized carbons (Fsp3) is 0.346. The molecule has 2 aromatic heterocycles. The Kier molecular flexibility index (Phi) is 7.33. The van der Waals surface area contributed by atoms with E-state index in [0.717, 1.165) is 11.1 Å². The highest BCUT2D eigenvalue weighted by Crippen LogP contribution is 2.42. The summed E-state index contributed by atoms with van der Waals surface area (Å²) in [6, 6.07) is 12.2. The zero-order chi connectivity index (χ0) is 26.7. The molecule has 1 amide bonds. The summed E-state index contributed by atoms with van der Waals surface area (Å²) in [7, 11) is 1.26. The van der Waals surface area contributed by atoms with Gasteiger partial charge in [0.1, 0.15) is 23.2 Å². The average Bonchev–Trinajstić information content (AvgIpc) is 2.84. The maximum atomic E-state index is 13.9. The lowest BCUT2D eigenvalue weighted by molar-refractivity contribution is -0.122. The normalized spacial score (nSPS) is 14.3. The molecule has 0 radical (unpaired) electrons. The number of aromatic nitrogens is 3.